The first-order valence-corrected chi connectivity index (χ1v) is 11.5. The summed E-state index contributed by atoms with van der Waals surface area (Å²) in [5.41, 5.74) is 0. The van der Waals surface area contributed by atoms with Crippen molar-refractivity contribution in [3.05, 3.63) is 0 Å². The van der Waals surface area contributed by atoms with Crippen molar-refractivity contribution >= 4 is 65.9 Å². The van der Waals surface area contributed by atoms with Crippen molar-refractivity contribution in [2.45, 2.75) is 32.6 Å². The average Bonchev–Trinajstić information content (AvgIpc) is 2.23. The van der Waals surface area contributed by atoms with Crippen molar-refractivity contribution in [2.75, 3.05) is 20.1 Å². The van der Waals surface area contributed by atoms with Gasteiger partial charge in [0.25, 0.3) is 0 Å². The zero-order chi connectivity index (χ0) is 17.5. The summed E-state index contributed by atoms with van der Waals surface area (Å²) >= 11 is 13.8. The van der Waals surface area contributed by atoms with Crippen molar-refractivity contribution < 1.29 is 29.1 Å². The number of carboxylic acids is 1. The molecule has 0 saturated carbocycles. The molecular weight excluding hydrogens is 422 g/mol. The van der Waals surface area contributed by atoms with Crippen LogP contribution in [-0.2, 0) is 9.36 Å². The standard InChI is InChI=1S/C9H19NO2.Cl3OP.ClH.H3O3P/c1-3-4-5-7-10(2)8-6-9(11)12;1-5(2,3)4;;1-4(2)3/h3-8H2,1-2H3,(H,11,12);;1H;1-3H. The molecule has 0 aliphatic carbocycles. The van der Waals surface area contributed by atoms with Gasteiger partial charge in [0.2, 0.25) is 0 Å². The minimum atomic E-state index is -3.22. The van der Waals surface area contributed by atoms with Crippen LogP contribution < -0.4 is 0 Å². The van der Waals surface area contributed by atoms with E-state index < -0.39 is 19.8 Å². The number of carbonyl (C=O) groups is 1. The van der Waals surface area contributed by atoms with Crippen molar-refractivity contribution in [3.63, 3.8) is 0 Å². The van der Waals surface area contributed by atoms with E-state index in [1.807, 2.05) is 7.05 Å². The number of hydrogen-bond donors (Lipinski definition) is 4. The summed E-state index contributed by atoms with van der Waals surface area (Å²) in [5.74, 6) is -0.711. The fraction of sp³-hybridized carbons (Fsp3) is 0.889. The van der Waals surface area contributed by atoms with Gasteiger partial charge in [-0.1, -0.05) is 19.8 Å². The van der Waals surface area contributed by atoms with Gasteiger partial charge in [0, 0.05) is 6.54 Å². The summed E-state index contributed by atoms with van der Waals surface area (Å²) in [4.78, 5) is 34.0. The molecule has 0 aliphatic rings. The Hall–Kier alpha value is 1.13. The first-order chi connectivity index (χ1) is 9.40. The van der Waals surface area contributed by atoms with Gasteiger partial charge in [-0.15, -0.1) is 12.4 Å². The summed E-state index contributed by atoms with van der Waals surface area (Å²) in [6, 6.07) is 0. The zero-order valence-electron chi connectivity index (χ0n) is 12.2. The molecule has 0 aromatic rings. The molecule has 0 aromatic heterocycles. The fourth-order valence-electron chi connectivity index (χ4n) is 1.03. The van der Waals surface area contributed by atoms with E-state index in [1.165, 1.54) is 19.3 Å². The maximum Gasteiger partial charge on any atom is 0.339 e. The molecule has 0 bridgehead atoms. The highest BCUT2D eigenvalue weighted by Gasteiger charge is 2.03. The van der Waals surface area contributed by atoms with Crippen molar-refractivity contribution in [3.8, 4) is 0 Å². The summed E-state index contributed by atoms with van der Waals surface area (Å²) in [6.45, 7) is 3.84. The van der Waals surface area contributed by atoms with E-state index in [0.29, 0.717) is 6.54 Å². The Morgan fingerprint density at radius 2 is 1.50 bits per heavy atom. The highest BCUT2D eigenvalue weighted by molar-refractivity contribution is 8.24. The third kappa shape index (κ3) is 69.1. The van der Waals surface area contributed by atoms with Gasteiger partial charge in [-0.25, -0.2) is 0 Å². The van der Waals surface area contributed by atoms with Crippen LogP contribution in [0, 0.1) is 0 Å². The normalized spacial score (nSPS) is 10.1. The molecule has 7 nitrogen and oxygen atoms in total. The SMILES string of the molecule is CCCCCN(C)CCC(=O)O.Cl.O=P(Cl)(Cl)Cl.OP(O)O. The Balaban J connectivity index is -0.000000135. The molecule has 0 aliphatic heterocycles. The highest BCUT2D eigenvalue weighted by atomic mass is 36.0. The van der Waals surface area contributed by atoms with E-state index in [4.69, 9.17) is 19.8 Å². The molecule has 0 aromatic carbocycles. The van der Waals surface area contributed by atoms with Crippen molar-refractivity contribution in [1.82, 2.24) is 4.90 Å². The minimum Gasteiger partial charge on any atom is -0.481 e. The third-order valence-corrected chi connectivity index (χ3v) is 1.85. The van der Waals surface area contributed by atoms with E-state index in [-0.39, 0.29) is 18.8 Å². The lowest BCUT2D eigenvalue weighted by Gasteiger charge is -2.14. The molecule has 0 radical (unpaired) electrons. The van der Waals surface area contributed by atoms with Crippen LogP contribution in [0.5, 0.6) is 0 Å². The van der Waals surface area contributed by atoms with E-state index in [1.54, 1.807) is 0 Å². The molecule has 138 valence electrons. The van der Waals surface area contributed by atoms with Gasteiger partial charge >= 0.3 is 19.8 Å². The maximum atomic E-state index is 10.2. The summed E-state index contributed by atoms with van der Waals surface area (Å²) in [6.07, 6.45) is 3.87. The third-order valence-electron chi connectivity index (χ3n) is 1.85. The summed E-state index contributed by atoms with van der Waals surface area (Å²) in [5, 5.41) is 5.19. The Kier molecular flexibility index (Phi) is 28.4. The fourth-order valence-corrected chi connectivity index (χ4v) is 1.03. The Morgan fingerprint density at radius 3 is 1.77 bits per heavy atom. The van der Waals surface area contributed by atoms with Crippen LogP contribution in [-0.4, -0.2) is 50.8 Å². The largest absolute Gasteiger partial charge is 0.481 e. The number of carboxylic acid groups (broad SMARTS) is 1. The smallest absolute Gasteiger partial charge is 0.339 e. The van der Waals surface area contributed by atoms with Crippen molar-refractivity contribution in [1.29, 1.82) is 0 Å². The van der Waals surface area contributed by atoms with Crippen LogP contribution in [0.1, 0.15) is 32.6 Å². The van der Waals surface area contributed by atoms with Gasteiger partial charge in [-0.3, -0.25) is 9.36 Å². The lowest BCUT2D eigenvalue weighted by atomic mass is 10.2. The predicted molar refractivity (Wildman–Crippen MR) is 95.3 cm³/mol. The van der Waals surface area contributed by atoms with Gasteiger partial charge in [0.05, 0.1) is 6.42 Å². The minimum absolute atomic E-state index is 0. The number of unbranched alkanes of at least 4 members (excludes halogenated alkanes) is 2. The molecule has 13 heteroatoms. The Labute approximate surface area is 152 Å². The molecule has 0 amide bonds. The molecule has 0 heterocycles. The topological polar surface area (TPSA) is 118 Å². The van der Waals surface area contributed by atoms with Gasteiger partial charge in [0.15, 0.2) is 0 Å². The lowest BCUT2D eigenvalue weighted by Crippen LogP contribution is -2.22. The Bertz CT molecular complexity index is 284. The van der Waals surface area contributed by atoms with Crippen LogP contribution in [0.4, 0.5) is 0 Å². The second kappa shape index (κ2) is 20.2. The molecule has 0 atom stereocenters. The molecule has 0 unspecified atom stereocenters. The number of nitrogens with zero attached hydrogens (tertiary/aromatic N) is 1. The van der Waals surface area contributed by atoms with Crippen LogP contribution in [0.15, 0.2) is 0 Å². The highest BCUT2D eigenvalue weighted by Crippen LogP contribution is 2.61. The second-order valence-corrected chi connectivity index (χ2v) is 11.0. The monoisotopic (exact) mass is 443 g/mol. The Morgan fingerprint density at radius 1 is 1.14 bits per heavy atom. The number of aliphatic carboxylic acids is 1. The van der Waals surface area contributed by atoms with Gasteiger partial charge < -0.3 is 24.7 Å². The van der Waals surface area contributed by atoms with Gasteiger partial charge in [-0.2, -0.15) is 0 Å². The lowest BCUT2D eigenvalue weighted by molar-refractivity contribution is -0.137. The molecular formula is C9H23Cl4NO6P2. The summed E-state index contributed by atoms with van der Waals surface area (Å²) in [7, 11) is -0.650. The second-order valence-electron chi connectivity index (χ2n) is 3.82. The van der Waals surface area contributed by atoms with Gasteiger partial charge in [-0.05, 0) is 53.7 Å². The summed E-state index contributed by atoms with van der Waals surface area (Å²) < 4.78 is 9.51. The van der Waals surface area contributed by atoms with E-state index >= 15 is 0 Å². The number of halogens is 4. The van der Waals surface area contributed by atoms with Crippen LogP contribution in [0.25, 0.3) is 0 Å². The molecule has 4 N–H and O–H groups in total. The van der Waals surface area contributed by atoms with E-state index in [0.717, 1.165) is 6.54 Å². The van der Waals surface area contributed by atoms with Gasteiger partial charge in [0.1, 0.15) is 0 Å². The van der Waals surface area contributed by atoms with Crippen LogP contribution in [0.2, 0.25) is 0 Å². The zero-order valence-corrected chi connectivity index (χ0v) is 17.1. The van der Waals surface area contributed by atoms with Crippen molar-refractivity contribution in [2.24, 2.45) is 0 Å². The van der Waals surface area contributed by atoms with Crippen LogP contribution in [0.3, 0.4) is 0 Å². The first kappa shape index (κ1) is 31.0. The quantitative estimate of drug-likeness (QED) is 0.346. The molecule has 0 spiro atoms. The first-order valence-electron chi connectivity index (χ1n) is 5.86. The molecule has 0 fully saturated rings. The van der Waals surface area contributed by atoms with E-state index in [9.17, 15) is 9.36 Å². The molecule has 0 rings (SSSR count). The number of hydrogen-bond acceptors (Lipinski definition) is 6. The maximum absolute atomic E-state index is 10.2. The van der Waals surface area contributed by atoms with E-state index in [2.05, 4.69) is 45.5 Å². The predicted octanol–water partition coefficient (Wildman–Crippen LogP) is 4.01. The molecule has 22 heavy (non-hydrogen) atoms. The van der Waals surface area contributed by atoms with Crippen LogP contribution >= 0.6 is 59.9 Å². The molecule has 0 saturated heterocycles. The average molecular weight is 445 g/mol. The number of rotatable bonds is 7.